The lowest BCUT2D eigenvalue weighted by molar-refractivity contribution is -0.157. The third kappa shape index (κ3) is 4.99. The molecule has 5 nitrogen and oxygen atoms in total. The Bertz CT molecular complexity index is 857. The van der Waals surface area contributed by atoms with Crippen molar-refractivity contribution in [3.8, 4) is 0 Å². The second kappa shape index (κ2) is 8.86. The van der Waals surface area contributed by atoms with Crippen molar-refractivity contribution < 1.29 is 18.8 Å². The van der Waals surface area contributed by atoms with E-state index in [9.17, 15) is 9.59 Å². The van der Waals surface area contributed by atoms with Crippen LogP contribution in [-0.2, 0) is 21.5 Å². The molecule has 1 aliphatic heterocycles. The van der Waals surface area contributed by atoms with Gasteiger partial charge in [0.1, 0.15) is 5.60 Å². The van der Waals surface area contributed by atoms with Crippen molar-refractivity contribution in [3.05, 3.63) is 71.8 Å². The Labute approximate surface area is 177 Å². The number of likely N-dealkylation sites (tertiary alicyclic amines) is 1. The Hall–Kier alpha value is -2.89. The van der Waals surface area contributed by atoms with Crippen LogP contribution in [0.3, 0.4) is 0 Å². The van der Waals surface area contributed by atoms with Crippen molar-refractivity contribution in [2.75, 3.05) is 13.1 Å². The van der Waals surface area contributed by atoms with Gasteiger partial charge in [-0.25, -0.2) is 4.79 Å². The van der Waals surface area contributed by atoms with Crippen LogP contribution in [0.4, 0.5) is 9.28 Å². The normalized spacial score (nSPS) is 16.1. The van der Waals surface area contributed by atoms with Crippen LogP contribution in [-0.4, -0.2) is 40.7 Å². The zero-order chi connectivity index (χ0) is 21.8. The SMILES string of the molecule is CC(C)(C)OC(=O)N1CCC(C(=O)N(F)Cc2ccccc2)(c2ccccc2)CC1. The predicted octanol–water partition coefficient (Wildman–Crippen LogP) is 4.87. The minimum absolute atomic E-state index is 0.107. The lowest BCUT2D eigenvalue weighted by Crippen LogP contribution is -2.52. The number of carbonyl (C=O) groups is 2. The number of ether oxygens (including phenoxy) is 1. The summed E-state index contributed by atoms with van der Waals surface area (Å²) in [5.41, 5.74) is -0.104. The summed E-state index contributed by atoms with van der Waals surface area (Å²) >= 11 is 0. The number of rotatable bonds is 4. The van der Waals surface area contributed by atoms with Gasteiger partial charge in [-0.3, -0.25) is 4.79 Å². The molecule has 0 aliphatic carbocycles. The molecule has 0 unspecified atom stereocenters. The van der Waals surface area contributed by atoms with E-state index in [1.807, 2.05) is 69.3 Å². The fraction of sp³-hybridized carbons (Fsp3) is 0.417. The van der Waals surface area contributed by atoms with Crippen molar-refractivity contribution in [3.63, 3.8) is 0 Å². The number of piperidine rings is 1. The average Bonchev–Trinajstić information content (AvgIpc) is 2.73. The third-order valence-corrected chi connectivity index (χ3v) is 5.39. The van der Waals surface area contributed by atoms with E-state index in [1.165, 1.54) is 0 Å². The zero-order valence-corrected chi connectivity index (χ0v) is 17.8. The Balaban J connectivity index is 1.80. The van der Waals surface area contributed by atoms with Crippen molar-refractivity contribution in [2.24, 2.45) is 0 Å². The van der Waals surface area contributed by atoms with Crippen LogP contribution in [0, 0.1) is 0 Å². The highest BCUT2D eigenvalue weighted by Gasteiger charge is 2.46. The van der Waals surface area contributed by atoms with Crippen LogP contribution in [0.15, 0.2) is 60.7 Å². The summed E-state index contributed by atoms with van der Waals surface area (Å²) in [5, 5.41) is 0.311. The molecule has 3 rings (SSSR count). The van der Waals surface area contributed by atoms with Gasteiger partial charge in [0.15, 0.2) is 0 Å². The summed E-state index contributed by atoms with van der Waals surface area (Å²) in [4.78, 5) is 27.4. The first kappa shape index (κ1) is 21.8. The Kier molecular flexibility index (Phi) is 6.44. The number of benzene rings is 2. The van der Waals surface area contributed by atoms with Gasteiger partial charge in [-0.05, 0) is 44.7 Å². The first-order valence-electron chi connectivity index (χ1n) is 10.3. The Morgan fingerprint density at radius 3 is 2.07 bits per heavy atom. The van der Waals surface area contributed by atoms with E-state index in [1.54, 1.807) is 17.0 Å². The largest absolute Gasteiger partial charge is 0.444 e. The molecule has 2 aromatic rings. The van der Waals surface area contributed by atoms with Crippen LogP contribution >= 0.6 is 0 Å². The van der Waals surface area contributed by atoms with Crippen LogP contribution in [0.1, 0.15) is 44.7 Å². The molecular formula is C24H29FN2O3. The summed E-state index contributed by atoms with van der Waals surface area (Å²) < 4.78 is 20.5. The maximum absolute atomic E-state index is 15.1. The van der Waals surface area contributed by atoms with Gasteiger partial charge >= 0.3 is 6.09 Å². The monoisotopic (exact) mass is 412 g/mol. The highest BCUT2D eigenvalue weighted by molar-refractivity contribution is 5.88. The second-order valence-corrected chi connectivity index (χ2v) is 8.73. The van der Waals surface area contributed by atoms with Crippen LogP contribution in [0.2, 0.25) is 0 Å². The molecule has 0 N–H and O–H groups in total. The average molecular weight is 413 g/mol. The van der Waals surface area contributed by atoms with Crippen LogP contribution in [0.25, 0.3) is 0 Å². The zero-order valence-electron chi connectivity index (χ0n) is 17.8. The van der Waals surface area contributed by atoms with E-state index in [0.717, 1.165) is 11.1 Å². The number of nitrogens with zero attached hydrogens (tertiary/aromatic N) is 2. The van der Waals surface area contributed by atoms with E-state index in [0.29, 0.717) is 31.1 Å². The third-order valence-electron chi connectivity index (χ3n) is 5.39. The molecule has 0 saturated carbocycles. The van der Waals surface area contributed by atoms with Gasteiger partial charge in [0.05, 0.1) is 12.0 Å². The molecule has 30 heavy (non-hydrogen) atoms. The molecule has 0 spiro atoms. The predicted molar refractivity (Wildman–Crippen MR) is 113 cm³/mol. The second-order valence-electron chi connectivity index (χ2n) is 8.73. The minimum Gasteiger partial charge on any atom is -0.444 e. The van der Waals surface area contributed by atoms with Gasteiger partial charge < -0.3 is 9.64 Å². The Morgan fingerprint density at radius 1 is 1.00 bits per heavy atom. The Morgan fingerprint density at radius 2 is 1.53 bits per heavy atom. The number of carbonyl (C=O) groups excluding carboxylic acids is 2. The van der Waals surface area contributed by atoms with E-state index < -0.39 is 23.0 Å². The fourth-order valence-electron chi connectivity index (χ4n) is 3.83. The van der Waals surface area contributed by atoms with Gasteiger partial charge in [-0.1, -0.05) is 65.1 Å². The summed E-state index contributed by atoms with van der Waals surface area (Å²) in [6.45, 7) is 6.00. The van der Waals surface area contributed by atoms with Gasteiger partial charge in [-0.2, -0.15) is 5.12 Å². The standard InChI is InChI=1S/C24H29FN2O3/c1-23(2,3)30-22(29)26-16-14-24(15-17-26,20-12-8-5-9-13-20)21(28)27(25)18-19-10-6-4-7-11-19/h4-13H,14-18H2,1-3H3. The number of hydrogen-bond donors (Lipinski definition) is 0. The van der Waals surface area contributed by atoms with Crippen molar-refractivity contribution >= 4 is 12.0 Å². The summed E-state index contributed by atoms with van der Waals surface area (Å²) in [6, 6.07) is 18.4. The fourth-order valence-corrected chi connectivity index (χ4v) is 3.83. The van der Waals surface area contributed by atoms with Crippen LogP contribution in [0.5, 0.6) is 0 Å². The maximum atomic E-state index is 15.1. The van der Waals surface area contributed by atoms with Gasteiger partial charge in [0.25, 0.3) is 5.91 Å². The molecule has 1 heterocycles. The van der Waals surface area contributed by atoms with Gasteiger partial charge in [0.2, 0.25) is 0 Å². The molecule has 0 bridgehead atoms. The number of amides is 2. The molecule has 160 valence electrons. The minimum atomic E-state index is -1.01. The van der Waals surface area contributed by atoms with E-state index in [-0.39, 0.29) is 6.54 Å². The maximum Gasteiger partial charge on any atom is 0.410 e. The quantitative estimate of drug-likeness (QED) is 0.674. The molecule has 1 aliphatic rings. The van der Waals surface area contributed by atoms with Gasteiger partial charge in [0, 0.05) is 13.1 Å². The molecule has 1 saturated heterocycles. The van der Waals surface area contributed by atoms with Gasteiger partial charge in [-0.15, -0.1) is 0 Å². The molecule has 2 aromatic carbocycles. The van der Waals surface area contributed by atoms with Crippen LogP contribution < -0.4 is 0 Å². The summed E-state index contributed by atoms with van der Waals surface area (Å²) in [7, 11) is 0. The highest BCUT2D eigenvalue weighted by atomic mass is 19.2. The number of halogens is 1. The van der Waals surface area contributed by atoms with Crippen molar-refractivity contribution in [2.45, 2.75) is 51.2 Å². The molecular weight excluding hydrogens is 383 g/mol. The summed E-state index contributed by atoms with van der Waals surface area (Å²) in [6.07, 6.45) is 0.271. The molecule has 6 heteroatoms. The molecule has 0 atom stereocenters. The lowest BCUT2D eigenvalue weighted by atomic mass is 9.72. The molecule has 0 radical (unpaired) electrons. The van der Waals surface area contributed by atoms with E-state index in [2.05, 4.69) is 0 Å². The highest BCUT2D eigenvalue weighted by Crippen LogP contribution is 2.38. The molecule has 1 fully saturated rings. The summed E-state index contributed by atoms with van der Waals surface area (Å²) in [5.74, 6) is -0.568. The number of hydrogen-bond acceptors (Lipinski definition) is 3. The van der Waals surface area contributed by atoms with E-state index >= 15 is 4.48 Å². The topological polar surface area (TPSA) is 49.9 Å². The van der Waals surface area contributed by atoms with Crippen molar-refractivity contribution in [1.29, 1.82) is 0 Å². The first-order chi connectivity index (χ1) is 14.2. The van der Waals surface area contributed by atoms with Crippen molar-refractivity contribution in [1.82, 2.24) is 10.0 Å². The first-order valence-corrected chi connectivity index (χ1v) is 10.3. The molecule has 2 amide bonds. The lowest BCUT2D eigenvalue weighted by Gasteiger charge is -2.41. The molecule has 0 aromatic heterocycles. The van der Waals surface area contributed by atoms with E-state index in [4.69, 9.17) is 4.74 Å². The smallest absolute Gasteiger partial charge is 0.410 e.